The van der Waals surface area contributed by atoms with Crippen molar-refractivity contribution in [2.45, 2.75) is 38.4 Å². The first-order chi connectivity index (χ1) is 9.01. The summed E-state index contributed by atoms with van der Waals surface area (Å²) in [6.07, 6.45) is 1.10. The van der Waals surface area contributed by atoms with Gasteiger partial charge in [0.1, 0.15) is 0 Å². The number of carbonyl (C=O) groups is 1. The first kappa shape index (κ1) is 17.4. The lowest BCUT2D eigenvalue weighted by Crippen LogP contribution is -2.41. The van der Waals surface area contributed by atoms with Crippen molar-refractivity contribution in [2.24, 2.45) is 11.3 Å². The van der Waals surface area contributed by atoms with Gasteiger partial charge in [0.15, 0.2) is 0 Å². The van der Waals surface area contributed by atoms with E-state index >= 15 is 0 Å². The zero-order valence-electron chi connectivity index (χ0n) is 12.7. The highest BCUT2D eigenvalue weighted by Crippen LogP contribution is 2.30. The Bertz CT molecular complexity index is 445. The summed E-state index contributed by atoms with van der Waals surface area (Å²) < 4.78 is 31.1. The molecule has 20 heavy (non-hydrogen) atoms. The summed E-state index contributed by atoms with van der Waals surface area (Å²) in [7, 11) is -0.0481. The van der Waals surface area contributed by atoms with E-state index in [1.54, 1.807) is 0 Å². The second kappa shape index (κ2) is 6.41. The van der Waals surface area contributed by atoms with E-state index in [0.29, 0.717) is 19.4 Å². The average molecular weight is 306 g/mol. The Morgan fingerprint density at radius 1 is 1.35 bits per heavy atom. The fraction of sp³-hybridized carbons (Fsp3) is 0.923. The van der Waals surface area contributed by atoms with Crippen LogP contribution in [0.4, 0.5) is 0 Å². The van der Waals surface area contributed by atoms with Crippen LogP contribution in [-0.4, -0.2) is 56.2 Å². The quantitative estimate of drug-likeness (QED) is 0.707. The van der Waals surface area contributed by atoms with Crippen LogP contribution in [0.1, 0.15) is 33.1 Å². The summed E-state index contributed by atoms with van der Waals surface area (Å²) in [4.78, 5) is 14.1. The van der Waals surface area contributed by atoms with E-state index in [2.05, 4.69) is 24.1 Å². The average Bonchev–Trinajstić information content (AvgIpc) is 2.72. The van der Waals surface area contributed by atoms with Crippen molar-refractivity contribution in [1.82, 2.24) is 10.2 Å². The lowest BCUT2D eigenvalue weighted by atomic mass is 9.92. The lowest BCUT2D eigenvalue weighted by Gasteiger charge is -2.29. The van der Waals surface area contributed by atoms with Crippen molar-refractivity contribution in [3.8, 4) is 0 Å². The first-order valence-corrected chi connectivity index (χ1v) is 8.40. The summed E-state index contributed by atoms with van der Waals surface area (Å²) in [6, 6.07) is 0. The summed E-state index contributed by atoms with van der Waals surface area (Å²) >= 11 is 0. The van der Waals surface area contributed by atoms with Gasteiger partial charge in [-0.2, -0.15) is 8.42 Å². The third kappa shape index (κ3) is 5.38. The maximum absolute atomic E-state index is 12.0. The van der Waals surface area contributed by atoms with Crippen LogP contribution in [0, 0.1) is 11.3 Å². The van der Waals surface area contributed by atoms with E-state index in [4.69, 9.17) is 4.55 Å². The summed E-state index contributed by atoms with van der Waals surface area (Å²) in [6.45, 7) is 5.55. The monoisotopic (exact) mass is 306 g/mol. The van der Waals surface area contributed by atoms with Crippen LogP contribution in [0.2, 0.25) is 0 Å². The molecular formula is C13H26N2O4S. The second-order valence-corrected chi connectivity index (χ2v) is 8.46. The van der Waals surface area contributed by atoms with Crippen molar-refractivity contribution >= 4 is 16.0 Å². The minimum absolute atomic E-state index is 0.0414. The maximum atomic E-state index is 12.0. The number of nitrogens with zero attached hydrogens (tertiary/aromatic N) is 1. The van der Waals surface area contributed by atoms with Crippen molar-refractivity contribution < 1.29 is 17.8 Å². The molecule has 0 aromatic carbocycles. The molecule has 2 N–H and O–H groups in total. The number of nitrogens with one attached hydrogen (secondary N) is 1. The molecule has 0 aromatic rings. The van der Waals surface area contributed by atoms with Gasteiger partial charge >= 0.3 is 0 Å². The van der Waals surface area contributed by atoms with Crippen molar-refractivity contribution in [3.05, 3.63) is 0 Å². The van der Waals surface area contributed by atoms with Gasteiger partial charge in [-0.1, -0.05) is 13.8 Å². The molecule has 0 spiro atoms. The molecule has 0 aromatic heterocycles. The molecule has 1 rings (SSSR count). The first-order valence-electron chi connectivity index (χ1n) is 6.90. The zero-order chi connectivity index (χ0) is 15.6. The molecule has 1 amide bonds. The molecule has 1 fully saturated rings. The van der Waals surface area contributed by atoms with E-state index in [1.807, 2.05) is 14.1 Å². The van der Waals surface area contributed by atoms with E-state index in [0.717, 1.165) is 6.54 Å². The van der Waals surface area contributed by atoms with Crippen molar-refractivity contribution in [3.63, 3.8) is 0 Å². The van der Waals surface area contributed by atoms with Crippen LogP contribution in [0.5, 0.6) is 0 Å². The smallest absolute Gasteiger partial charge is 0.267 e. The van der Waals surface area contributed by atoms with Gasteiger partial charge in [0, 0.05) is 19.0 Å². The Kier molecular flexibility index (Phi) is 5.57. The van der Waals surface area contributed by atoms with Gasteiger partial charge in [0.25, 0.3) is 10.1 Å². The van der Waals surface area contributed by atoms with Gasteiger partial charge in [-0.15, -0.1) is 0 Å². The molecule has 0 heterocycles. The van der Waals surface area contributed by atoms with Gasteiger partial charge in [-0.3, -0.25) is 9.35 Å². The van der Waals surface area contributed by atoms with Gasteiger partial charge in [-0.05, 0) is 38.8 Å². The van der Waals surface area contributed by atoms with Crippen LogP contribution >= 0.6 is 0 Å². The van der Waals surface area contributed by atoms with Crippen LogP contribution < -0.4 is 5.32 Å². The van der Waals surface area contributed by atoms with Crippen LogP contribution in [-0.2, 0) is 14.9 Å². The van der Waals surface area contributed by atoms with Gasteiger partial charge in [0.05, 0.1) is 5.25 Å². The van der Waals surface area contributed by atoms with E-state index in [-0.39, 0.29) is 23.7 Å². The number of hydrogen-bond acceptors (Lipinski definition) is 4. The van der Waals surface area contributed by atoms with Gasteiger partial charge in [-0.25, -0.2) is 0 Å². The molecule has 0 aliphatic heterocycles. The topological polar surface area (TPSA) is 86.7 Å². The number of hydrogen-bond donors (Lipinski definition) is 2. The molecular weight excluding hydrogens is 280 g/mol. The van der Waals surface area contributed by atoms with E-state index in [1.165, 1.54) is 0 Å². The molecule has 1 aliphatic rings. The van der Waals surface area contributed by atoms with E-state index in [9.17, 15) is 13.2 Å². The second-order valence-electron chi connectivity index (χ2n) is 6.77. The molecule has 6 nitrogen and oxygen atoms in total. The third-order valence-corrected chi connectivity index (χ3v) is 4.93. The summed E-state index contributed by atoms with van der Waals surface area (Å²) in [5.41, 5.74) is -0.0414. The molecule has 1 saturated carbocycles. The van der Waals surface area contributed by atoms with Gasteiger partial charge < -0.3 is 10.2 Å². The third-order valence-electron chi connectivity index (χ3n) is 3.66. The molecule has 0 saturated heterocycles. The Morgan fingerprint density at radius 2 is 1.95 bits per heavy atom. The van der Waals surface area contributed by atoms with Crippen LogP contribution in [0.25, 0.3) is 0 Å². The fourth-order valence-corrected chi connectivity index (χ4v) is 3.74. The predicted octanol–water partition coefficient (Wildman–Crippen LogP) is 0.747. The minimum Gasteiger partial charge on any atom is -0.355 e. The molecule has 7 heteroatoms. The normalized spacial score (nSPS) is 24.1. The Labute approximate surface area is 121 Å². The number of rotatable bonds is 6. The predicted molar refractivity (Wildman–Crippen MR) is 78.0 cm³/mol. The molecule has 0 bridgehead atoms. The Balaban J connectivity index is 2.45. The SMILES string of the molecule is CN(C)CC(C)(C)CNC(=O)[C@H]1CC[C@H](S(=O)(=O)O)C1. The Morgan fingerprint density at radius 3 is 2.40 bits per heavy atom. The Hall–Kier alpha value is -0.660. The molecule has 2 atom stereocenters. The fourth-order valence-electron chi connectivity index (χ4n) is 2.83. The molecule has 118 valence electrons. The number of carbonyl (C=O) groups excluding carboxylic acids is 1. The number of amides is 1. The molecule has 1 aliphatic carbocycles. The van der Waals surface area contributed by atoms with Gasteiger partial charge in [0.2, 0.25) is 5.91 Å². The zero-order valence-corrected chi connectivity index (χ0v) is 13.5. The van der Waals surface area contributed by atoms with E-state index < -0.39 is 15.4 Å². The lowest BCUT2D eigenvalue weighted by molar-refractivity contribution is -0.125. The summed E-state index contributed by atoms with van der Waals surface area (Å²) in [5.74, 6) is -0.417. The highest BCUT2D eigenvalue weighted by Gasteiger charge is 2.36. The van der Waals surface area contributed by atoms with Crippen LogP contribution in [0.3, 0.4) is 0 Å². The maximum Gasteiger partial charge on any atom is 0.267 e. The molecule has 0 radical (unpaired) electrons. The highest BCUT2D eigenvalue weighted by atomic mass is 32.2. The minimum atomic E-state index is -4.01. The summed E-state index contributed by atoms with van der Waals surface area (Å²) in [5, 5.41) is 2.12. The van der Waals surface area contributed by atoms with Crippen molar-refractivity contribution in [2.75, 3.05) is 27.2 Å². The standard InChI is InChI=1S/C13H26N2O4S/c1-13(2,9-15(3)4)8-14-12(16)10-5-6-11(7-10)20(17,18)19/h10-11H,5-9H2,1-4H3,(H,14,16)(H,17,18,19)/t10-,11-/m0/s1. The largest absolute Gasteiger partial charge is 0.355 e. The van der Waals surface area contributed by atoms with Crippen LogP contribution in [0.15, 0.2) is 0 Å². The molecule has 0 unspecified atom stereocenters. The van der Waals surface area contributed by atoms with Crippen molar-refractivity contribution in [1.29, 1.82) is 0 Å². The highest BCUT2D eigenvalue weighted by molar-refractivity contribution is 7.86.